The fraction of sp³-hybridized carbons (Fsp3) is 0.455. The Bertz CT molecular complexity index is 328. The van der Waals surface area contributed by atoms with Gasteiger partial charge in [-0.05, 0) is 18.1 Å². The van der Waals surface area contributed by atoms with E-state index in [2.05, 4.69) is 17.2 Å². The molecule has 3 N–H and O–H groups in total. The van der Waals surface area contributed by atoms with Gasteiger partial charge in [0.1, 0.15) is 0 Å². The maximum atomic E-state index is 11.5. The van der Waals surface area contributed by atoms with Crippen molar-refractivity contribution in [2.24, 2.45) is 5.84 Å². The minimum absolute atomic E-state index is 0.126. The van der Waals surface area contributed by atoms with Crippen LogP contribution in [-0.2, 0) is 0 Å². The molecule has 0 saturated carbocycles. The highest BCUT2D eigenvalue weighted by Gasteiger charge is 2.20. The molecule has 0 aliphatic heterocycles. The van der Waals surface area contributed by atoms with E-state index < -0.39 is 0 Å². The Hall–Kier alpha value is -1.62. The molecule has 2 amide bonds. The number of amides is 2. The lowest BCUT2D eigenvalue weighted by Gasteiger charge is -2.26. The molecule has 1 rings (SSSR count). The van der Waals surface area contributed by atoms with Crippen LogP contribution in [0.4, 0.5) is 4.79 Å². The molecule has 0 fully saturated rings. The summed E-state index contributed by atoms with van der Waals surface area (Å²) in [4.78, 5) is 15.5. The monoisotopic (exact) mass is 222 g/mol. The molecule has 5 heteroatoms. The number of urea groups is 1. The van der Waals surface area contributed by atoms with E-state index in [0.717, 1.165) is 18.4 Å². The van der Waals surface area contributed by atoms with Crippen LogP contribution in [0.25, 0.3) is 0 Å². The zero-order chi connectivity index (χ0) is 12.0. The van der Waals surface area contributed by atoms with Gasteiger partial charge in [0.15, 0.2) is 0 Å². The van der Waals surface area contributed by atoms with Crippen LogP contribution in [0.3, 0.4) is 0 Å². The van der Waals surface area contributed by atoms with Crippen LogP contribution < -0.4 is 11.2 Å². The number of aromatic nitrogens is 1. The summed E-state index contributed by atoms with van der Waals surface area (Å²) in [5.74, 6) is 5.78. The zero-order valence-electron chi connectivity index (χ0n) is 9.68. The summed E-state index contributed by atoms with van der Waals surface area (Å²) in [5, 5.41) is 3.74. The standard InChI is InChI=1S/C11H18N4O/c1-3-5-10(15(12)11(16)13-2)9-6-4-7-14-8-9/h4,6-8,10H,3,5,12H2,1-2H3,(H,13,16). The molecule has 0 bridgehead atoms. The quantitative estimate of drug-likeness (QED) is 0.460. The van der Waals surface area contributed by atoms with E-state index in [1.165, 1.54) is 5.01 Å². The molecule has 88 valence electrons. The van der Waals surface area contributed by atoms with Crippen molar-refractivity contribution in [1.82, 2.24) is 15.3 Å². The second-order valence-corrected chi connectivity index (χ2v) is 3.55. The molecule has 5 nitrogen and oxygen atoms in total. The van der Waals surface area contributed by atoms with Gasteiger partial charge in [-0.3, -0.25) is 9.99 Å². The number of pyridine rings is 1. The summed E-state index contributed by atoms with van der Waals surface area (Å²) < 4.78 is 0. The summed E-state index contributed by atoms with van der Waals surface area (Å²) in [6.45, 7) is 2.06. The van der Waals surface area contributed by atoms with Crippen LogP contribution in [0, 0.1) is 0 Å². The lowest BCUT2D eigenvalue weighted by atomic mass is 10.0. The van der Waals surface area contributed by atoms with Gasteiger partial charge in [-0.15, -0.1) is 0 Å². The second kappa shape index (κ2) is 6.07. The number of carbonyl (C=O) groups is 1. The summed E-state index contributed by atoms with van der Waals surface area (Å²) in [7, 11) is 1.56. The number of hydrogen-bond acceptors (Lipinski definition) is 3. The van der Waals surface area contributed by atoms with E-state index in [1.807, 2.05) is 12.1 Å². The lowest BCUT2D eigenvalue weighted by Crippen LogP contribution is -2.45. The van der Waals surface area contributed by atoms with Crippen LogP contribution in [0.15, 0.2) is 24.5 Å². The molecule has 1 atom stereocenters. The van der Waals surface area contributed by atoms with Gasteiger partial charge < -0.3 is 5.32 Å². The molecule has 1 aromatic heterocycles. The SMILES string of the molecule is CCCC(c1cccnc1)N(N)C(=O)NC. The van der Waals surface area contributed by atoms with E-state index in [9.17, 15) is 4.79 Å². The second-order valence-electron chi connectivity index (χ2n) is 3.55. The number of nitrogens with zero attached hydrogens (tertiary/aromatic N) is 2. The van der Waals surface area contributed by atoms with Gasteiger partial charge in [0.05, 0.1) is 6.04 Å². The molecule has 1 heterocycles. The first-order valence-electron chi connectivity index (χ1n) is 5.36. The molecule has 0 aliphatic rings. The van der Waals surface area contributed by atoms with Crippen molar-refractivity contribution < 1.29 is 4.79 Å². The van der Waals surface area contributed by atoms with Crippen LogP contribution >= 0.6 is 0 Å². The summed E-state index contributed by atoms with van der Waals surface area (Å²) in [5.41, 5.74) is 0.954. The summed E-state index contributed by atoms with van der Waals surface area (Å²) in [6, 6.07) is 3.35. The highest BCUT2D eigenvalue weighted by Crippen LogP contribution is 2.22. The first kappa shape index (κ1) is 12.4. The predicted octanol–water partition coefficient (Wildman–Crippen LogP) is 1.44. The van der Waals surface area contributed by atoms with Crippen molar-refractivity contribution in [2.75, 3.05) is 7.05 Å². The number of nitrogens with two attached hydrogens (primary N) is 1. The number of rotatable bonds is 4. The number of hydrazine groups is 1. The van der Waals surface area contributed by atoms with E-state index in [-0.39, 0.29) is 12.1 Å². The first-order valence-corrected chi connectivity index (χ1v) is 5.36. The summed E-state index contributed by atoms with van der Waals surface area (Å²) >= 11 is 0. The van der Waals surface area contributed by atoms with E-state index in [1.54, 1.807) is 19.4 Å². The molecule has 16 heavy (non-hydrogen) atoms. The van der Waals surface area contributed by atoms with Gasteiger partial charge in [0, 0.05) is 19.4 Å². The van der Waals surface area contributed by atoms with E-state index in [0.29, 0.717) is 0 Å². The molecule has 0 radical (unpaired) electrons. The molecule has 0 saturated heterocycles. The highest BCUT2D eigenvalue weighted by molar-refractivity contribution is 5.73. The molecule has 1 aromatic rings. The Balaban J connectivity index is 2.86. The minimum Gasteiger partial charge on any atom is -0.340 e. The Morgan fingerprint density at radius 3 is 2.94 bits per heavy atom. The van der Waals surface area contributed by atoms with Crippen LogP contribution in [0.2, 0.25) is 0 Å². The lowest BCUT2D eigenvalue weighted by molar-refractivity contribution is 0.173. The normalized spacial score (nSPS) is 11.9. The fourth-order valence-corrected chi connectivity index (χ4v) is 1.58. The Morgan fingerprint density at radius 2 is 2.44 bits per heavy atom. The van der Waals surface area contributed by atoms with Crippen molar-refractivity contribution >= 4 is 6.03 Å². The smallest absolute Gasteiger partial charge is 0.331 e. The molecule has 0 spiro atoms. The molecular formula is C11H18N4O. The van der Waals surface area contributed by atoms with Crippen LogP contribution in [0.1, 0.15) is 31.4 Å². The topological polar surface area (TPSA) is 71.2 Å². The average Bonchev–Trinajstić information content (AvgIpc) is 2.35. The fourth-order valence-electron chi connectivity index (χ4n) is 1.58. The van der Waals surface area contributed by atoms with Crippen LogP contribution in [0.5, 0.6) is 0 Å². The van der Waals surface area contributed by atoms with Crippen molar-refractivity contribution in [3.63, 3.8) is 0 Å². The van der Waals surface area contributed by atoms with Gasteiger partial charge in [0.2, 0.25) is 0 Å². The van der Waals surface area contributed by atoms with E-state index in [4.69, 9.17) is 5.84 Å². The number of carbonyl (C=O) groups excluding carboxylic acids is 1. The maximum absolute atomic E-state index is 11.5. The van der Waals surface area contributed by atoms with Gasteiger partial charge in [0.25, 0.3) is 0 Å². The molecule has 0 aromatic carbocycles. The molecule has 0 aliphatic carbocycles. The van der Waals surface area contributed by atoms with Crippen molar-refractivity contribution in [3.05, 3.63) is 30.1 Å². The molecule has 1 unspecified atom stereocenters. The first-order chi connectivity index (χ1) is 7.70. The predicted molar refractivity (Wildman–Crippen MR) is 62.4 cm³/mol. The minimum atomic E-state index is -0.290. The van der Waals surface area contributed by atoms with Gasteiger partial charge >= 0.3 is 6.03 Å². The van der Waals surface area contributed by atoms with Crippen LogP contribution in [-0.4, -0.2) is 23.1 Å². The summed E-state index contributed by atoms with van der Waals surface area (Å²) in [6.07, 6.45) is 5.20. The van der Waals surface area contributed by atoms with Crippen molar-refractivity contribution in [1.29, 1.82) is 0 Å². The number of nitrogens with one attached hydrogen (secondary N) is 1. The Labute approximate surface area is 95.6 Å². The molecular weight excluding hydrogens is 204 g/mol. The average molecular weight is 222 g/mol. The third kappa shape index (κ3) is 2.93. The zero-order valence-corrected chi connectivity index (χ0v) is 9.68. The Morgan fingerprint density at radius 1 is 1.69 bits per heavy atom. The number of hydrogen-bond donors (Lipinski definition) is 2. The maximum Gasteiger partial charge on any atom is 0.331 e. The van der Waals surface area contributed by atoms with Gasteiger partial charge in [-0.25, -0.2) is 10.6 Å². The van der Waals surface area contributed by atoms with Gasteiger partial charge in [-0.1, -0.05) is 19.4 Å². The highest BCUT2D eigenvalue weighted by atomic mass is 16.2. The van der Waals surface area contributed by atoms with E-state index >= 15 is 0 Å². The Kier molecular flexibility index (Phi) is 4.72. The van der Waals surface area contributed by atoms with Gasteiger partial charge in [-0.2, -0.15) is 0 Å². The van der Waals surface area contributed by atoms with Crippen molar-refractivity contribution in [2.45, 2.75) is 25.8 Å². The third-order valence-electron chi connectivity index (χ3n) is 2.42. The largest absolute Gasteiger partial charge is 0.340 e. The van der Waals surface area contributed by atoms with Crippen molar-refractivity contribution in [3.8, 4) is 0 Å². The third-order valence-corrected chi connectivity index (χ3v) is 2.42.